The quantitative estimate of drug-likeness (QED) is 0.591. The summed E-state index contributed by atoms with van der Waals surface area (Å²) < 4.78 is 10.1. The molecule has 0 saturated heterocycles. The molecule has 1 aliphatic rings. The summed E-state index contributed by atoms with van der Waals surface area (Å²) in [6.07, 6.45) is 0. The number of amides is 2. The minimum absolute atomic E-state index is 0.0736. The largest absolute Gasteiger partial charge is 0.497 e. The van der Waals surface area contributed by atoms with Crippen LogP contribution in [-0.4, -0.2) is 31.5 Å². The van der Waals surface area contributed by atoms with Gasteiger partial charge in [0.05, 0.1) is 25.0 Å². The summed E-state index contributed by atoms with van der Waals surface area (Å²) in [4.78, 5) is 38.6. The molecule has 0 unspecified atom stereocenters. The summed E-state index contributed by atoms with van der Waals surface area (Å²) in [6.45, 7) is 1.83. The van der Waals surface area contributed by atoms with Gasteiger partial charge in [-0.05, 0) is 43.3 Å². The van der Waals surface area contributed by atoms with Crippen LogP contribution in [0.2, 0.25) is 0 Å². The first-order valence-corrected chi connectivity index (χ1v) is 8.81. The van der Waals surface area contributed by atoms with Crippen LogP contribution in [0.3, 0.4) is 0 Å². The van der Waals surface area contributed by atoms with Crippen LogP contribution in [0.25, 0.3) is 0 Å². The van der Waals surface area contributed by atoms with E-state index in [0.29, 0.717) is 11.4 Å². The van der Waals surface area contributed by atoms with E-state index < -0.39 is 17.8 Å². The molecule has 1 heterocycles. The van der Waals surface area contributed by atoms with Crippen molar-refractivity contribution in [2.24, 2.45) is 0 Å². The second-order valence-corrected chi connectivity index (χ2v) is 6.10. The molecule has 0 radical (unpaired) electrons. The average molecular weight is 401 g/mol. The predicted molar refractivity (Wildman–Crippen MR) is 104 cm³/mol. The Kier molecular flexibility index (Phi) is 5.65. The zero-order valence-electron chi connectivity index (χ0n) is 15.2. The Balaban J connectivity index is 1.92. The number of halogens is 1. The number of para-hydroxylation sites is 1. The molecule has 0 spiro atoms. The Bertz CT molecular complexity index is 969. The molecule has 0 saturated carbocycles. The van der Waals surface area contributed by atoms with E-state index in [1.807, 2.05) is 0 Å². The topological polar surface area (TPSA) is 84.9 Å². The molecule has 0 atom stereocenters. The van der Waals surface area contributed by atoms with Gasteiger partial charge in [0.1, 0.15) is 16.5 Å². The number of esters is 1. The lowest BCUT2D eigenvalue weighted by Crippen LogP contribution is -2.33. The number of carbonyl (C=O) groups is 3. The molecule has 0 aliphatic carbocycles. The molecule has 0 aromatic heterocycles. The number of ether oxygens (including phenoxy) is 2. The second kappa shape index (κ2) is 8.14. The number of imide groups is 1. The van der Waals surface area contributed by atoms with Crippen molar-refractivity contribution in [3.8, 4) is 5.75 Å². The van der Waals surface area contributed by atoms with Crippen molar-refractivity contribution in [1.29, 1.82) is 0 Å². The lowest BCUT2D eigenvalue weighted by Gasteiger charge is -2.18. The number of nitrogens with zero attached hydrogens (tertiary/aromatic N) is 1. The van der Waals surface area contributed by atoms with E-state index in [2.05, 4.69) is 5.32 Å². The van der Waals surface area contributed by atoms with E-state index in [4.69, 9.17) is 21.1 Å². The van der Waals surface area contributed by atoms with Crippen molar-refractivity contribution >= 4 is 40.8 Å². The molecule has 2 aromatic rings. The summed E-state index contributed by atoms with van der Waals surface area (Å²) in [5.74, 6) is -1.38. The molecule has 0 fully saturated rings. The molecular weight excluding hydrogens is 384 g/mol. The van der Waals surface area contributed by atoms with Gasteiger partial charge in [-0.3, -0.25) is 9.59 Å². The highest BCUT2D eigenvalue weighted by atomic mass is 35.5. The molecule has 2 amide bonds. The van der Waals surface area contributed by atoms with Crippen molar-refractivity contribution in [2.45, 2.75) is 6.92 Å². The predicted octanol–water partition coefficient (Wildman–Crippen LogP) is 3.31. The fourth-order valence-electron chi connectivity index (χ4n) is 2.70. The standard InChI is InChI=1S/C20H17ClN2O5/c1-3-28-20(26)14-6-4-5-7-15(14)23-18(24)16(21)17(19(23)25)22-12-8-10-13(27-2)11-9-12/h4-11,22H,3H2,1-2H3. The van der Waals surface area contributed by atoms with Gasteiger partial charge in [-0.2, -0.15) is 0 Å². The number of hydrogen-bond donors (Lipinski definition) is 1. The number of carbonyl (C=O) groups excluding carboxylic acids is 3. The average Bonchev–Trinajstić information content (AvgIpc) is 2.92. The van der Waals surface area contributed by atoms with Crippen LogP contribution in [-0.2, 0) is 14.3 Å². The molecule has 1 N–H and O–H groups in total. The van der Waals surface area contributed by atoms with E-state index in [9.17, 15) is 14.4 Å². The lowest BCUT2D eigenvalue weighted by molar-refractivity contribution is -0.120. The first-order valence-electron chi connectivity index (χ1n) is 8.43. The fraction of sp³-hybridized carbons (Fsp3) is 0.150. The highest BCUT2D eigenvalue weighted by Crippen LogP contribution is 2.32. The maximum atomic E-state index is 12.9. The number of rotatable bonds is 6. The third-order valence-corrected chi connectivity index (χ3v) is 4.38. The van der Waals surface area contributed by atoms with Crippen LogP contribution in [0.5, 0.6) is 5.75 Å². The smallest absolute Gasteiger partial charge is 0.340 e. The van der Waals surface area contributed by atoms with Crippen LogP contribution >= 0.6 is 11.6 Å². The minimum Gasteiger partial charge on any atom is -0.497 e. The maximum absolute atomic E-state index is 12.9. The number of hydrogen-bond acceptors (Lipinski definition) is 6. The van der Waals surface area contributed by atoms with Gasteiger partial charge in [-0.25, -0.2) is 9.69 Å². The Morgan fingerprint density at radius 3 is 2.39 bits per heavy atom. The number of methoxy groups -OCH3 is 1. The summed E-state index contributed by atoms with van der Waals surface area (Å²) >= 11 is 6.13. The van der Waals surface area contributed by atoms with Gasteiger partial charge in [0.2, 0.25) is 0 Å². The van der Waals surface area contributed by atoms with Crippen molar-refractivity contribution in [3.05, 3.63) is 64.8 Å². The molecule has 2 aromatic carbocycles. The normalized spacial score (nSPS) is 13.8. The highest BCUT2D eigenvalue weighted by molar-refractivity contribution is 6.53. The fourth-order valence-corrected chi connectivity index (χ4v) is 2.91. The first kappa shape index (κ1) is 19.4. The van der Waals surface area contributed by atoms with Crippen LogP contribution in [0.4, 0.5) is 11.4 Å². The molecule has 0 bridgehead atoms. The molecule has 3 rings (SSSR count). The number of anilines is 2. The third kappa shape index (κ3) is 3.57. The summed E-state index contributed by atoms with van der Waals surface area (Å²) in [5, 5.41) is 2.60. The SMILES string of the molecule is CCOC(=O)c1ccccc1N1C(=O)C(Cl)=C(Nc2ccc(OC)cc2)C1=O. The summed E-state index contributed by atoms with van der Waals surface area (Å²) in [6, 6.07) is 13.0. The molecule has 8 heteroatoms. The monoisotopic (exact) mass is 400 g/mol. The van der Waals surface area contributed by atoms with Crippen LogP contribution in [0.15, 0.2) is 59.3 Å². The zero-order chi connectivity index (χ0) is 20.3. The van der Waals surface area contributed by atoms with Crippen molar-refractivity contribution < 1.29 is 23.9 Å². The Hall–Kier alpha value is -3.32. The van der Waals surface area contributed by atoms with Crippen molar-refractivity contribution in [1.82, 2.24) is 0 Å². The van der Waals surface area contributed by atoms with E-state index in [0.717, 1.165) is 4.90 Å². The highest BCUT2D eigenvalue weighted by Gasteiger charge is 2.40. The van der Waals surface area contributed by atoms with Crippen LogP contribution in [0.1, 0.15) is 17.3 Å². The molecule has 7 nitrogen and oxygen atoms in total. The van der Waals surface area contributed by atoms with E-state index in [1.165, 1.54) is 12.1 Å². The molecular formula is C20H17ClN2O5. The van der Waals surface area contributed by atoms with Crippen molar-refractivity contribution in [2.75, 3.05) is 23.9 Å². The van der Waals surface area contributed by atoms with E-state index in [-0.39, 0.29) is 28.6 Å². The van der Waals surface area contributed by atoms with Gasteiger partial charge >= 0.3 is 5.97 Å². The van der Waals surface area contributed by atoms with E-state index in [1.54, 1.807) is 50.4 Å². The lowest BCUT2D eigenvalue weighted by atomic mass is 10.1. The number of benzene rings is 2. The van der Waals surface area contributed by atoms with Gasteiger partial charge in [0.15, 0.2) is 0 Å². The Morgan fingerprint density at radius 1 is 1.07 bits per heavy atom. The summed E-state index contributed by atoms with van der Waals surface area (Å²) in [5.41, 5.74) is 0.688. The van der Waals surface area contributed by atoms with Crippen LogP contribution in [0, 0.1) is 0 Å². The van der Waals surface area contributed by atoms with Gasteiger partial charge in [-0.15, -0.1) is 0 Å². The molecule has 1 aliphatic heterocycles. The van der Waals surface area contributed by atoms with Gasteiger partial charge in [-0.1, -0.05) is 23.7 Å². The molecule has 28 heavy (non-hydrogen) atoms. The minimum atomic E-state index is -0.723. The second-order valence-electron chi connectivity index (χ2n) is 5.73. The van der Waals surface area contributed by atoms with Crippen LogP contribution < -0.4 is 15.0 Å². The van der Waals surface area contributed by atoms with Crippen molar-refractivity contribution in [3.63, 3.8) is 0 Å². The molecule has 144 valence electrons. The van der Waals surface area contributed by atoms with Gasteiger partial charge < -0.3 is 14.8 Å². The number of nitrogens with one attached hydrogen (secondary N) is 1. The maximum Gasteiger partial charge on any atom is 0.340 e. The van der Waals surface area contributed by atoms with E-state index >= 15 is 0 Å². The van der Waals surface area contributed by atoms with Gasteiger partial charge in [0, 0.05) is 5.69 Å². The van der Waals surface area contributed by atoms with Gasteiger partial charge in [0.25, 0.3) is 11.8 Å². The summed E-state index contributed by atoms with van der Waals surface area (Å²) in [7, 11) is 1.54. The third-order valence-electron chi connectivity index (χ3n) is 4.03. The Labute approximate surface area is 166 Å². The first-order chi connectivity index (χ1) is 13.5. The zero-order valence-corrected chi connectivity index (χ0v) is 15.9. The Morgan fingerprint density at radius 2 is 1.75 bits per heavy atom.